The molecule has 0 aliphatic carbocycles. The van der Waals surface area contributed by atoms with Gasteiger partial charge in [-0.15, -0.1) is 0 Å². The fourth-order valence-corrected chi connectivity index (χ4v) is 1.86. The Morgan fingerprint density at radius 3 is 2.32 bits per heavy atom. The summed E-state index contributed by atoms with van der Waals surface area (Å²) in [6.45, 7) is 4.89. The number of carbonyl (C=O) groups excluding carboxylic acids is 4. The lowest BCUT2D eigenvalue weighted by molar-refractivity contribution is -0.130. The van der Waals surface area contributed by atoms with Crippen LogP contribution >= 0.6 is 0 Å². The summed E-state index contributed by atoms with van der Waals surface area (Å²) in [7, 11) is 0. The van der Waals surface area contributed by atoms with Crippen molar-refractivity contribution in [1.29, 1.82) is 0 Å². The second-order valence-electron chi connectivity index (χ2n) is 5.41. The molecule has 0 aliphatic heterocycles. The van der Waals surface area contributed by atoms with Crippen LogP contribution in [0.5, 0.6) is 0 Å². The molecule has 0 unspecified atom stereocenters. The van der Waals surface area contributed by atoms with Gasteiger partial charge in [-0.1, -0.05) is 6.92 Å². The fourth-order valence-electron chi connectivity index (χ4n) is 1.86. The number of nitrogens with one attached hydrogen (secondary N) is 3. The molecule has 0 radical (unpaired) electrons. The molecule has 3 amide bonds. The van der Waals surface area contributed by atoms with Gasteiger partial charge >= 0.3 is 5.97 Å². The second-order valence-corrected chi connectivity index (χ2v) is 5.41. The molecule has 0 heterocycles. The van der Waals surface area contributed by atoms with Crippen LogP contribution in [-0.2, 0) is 19.1 Å². The number of anilines is 1. The Hall–Kier alpha value is -2.90. The van der Waals surface area contributed by atoms with Crippen LogP contribution in [0.4, 0.5) is 5.69 Å². The predicted octanol–water partition coefficient (Wildman–Crippen LogP) is 0.833. The summed E-state index contributed by atoms with van der Waals surface area (Å²) in [5.74, 6) is -1.76. The van der Waals surface area contributed by atoms with E-state index in [0.29, 0.717) is 12.2 Å². The number of benzene rings is 1. The molecule has 25 heavy (non-hydrogen) atoms. The lowest BCUT2D eigenvalue weighted by Crippen LogP contribution is -2.46. The maximum absolute atomic E-state index is 11.9. The monoisotopic (exact) mass is 349 g/mol. The Morgan fingerprint density at radius 1 is 1.12 bits per heavy atom. The van der Waals surface area contributed by atoms with Crippen molar-refractivity contribution in [1.82, 2.24) is 10.6 Å². The summed E-state index contributed by atoms with van der Waals surface area (Å²) >= 11 is 0. The molecule has 0 aliphatic rings. The van der Waals surface area contributed by atoms with Crippen molar-refractivity contribution in [3.63, 3.8) is 0 Å². The van der Waals surface area contributed by atoms with Gasteiger partial charge in [-0.25, -0.2) is 4.79 Å². The van der Waals surface area contributed by atoms with Gasteiger partial charge in [-0.2, -0.15) is 0 Å². The number of carbonyl (C=O) groups is 4. The minimum Gasteiger partial charge on any atom is -0.452 e. The molecule has 8 nitrogen and oxygen atoms in total. The first kappa shape index (κ1) is 20.1. The molecule has 0 saturated carbocycles. The van der Waals surface area contributed by atoms with E-state index in [-0.39, 0.29) is 17.4 Å². The fraction of sp³-hybridized carbons (Fsp3) is 0.412. The Labute approximate surface area is 146 Å². The van der Waals surface area contributed by atoms with Gasteiger partial charge in [-0.3, -0.25) is 14.4 Å². The van der Waals surface area contributed by atoms with Crippen LogP contribution in [0.15, 0.2) is 24.3 Å². The average molecular weight is 349 g/mol. The maximum atomic E-state index is 11.9. The van der Waals surface area contributed by atoms with Gasteiger partial charge in [0, 0.05) is 19.2 Å². The first-order valence-electron chi connectivity index (χ1n) is 7.95. The zero-order valence-electron chi connectivity index (χ0n) is 14.5. The van der Waals surface area contributed by atoms with E-state index >= 15 is 0 Å². The SMILES string of the molecule is CCCNC(=O)[C@@H](C)NC(=O)COC(=O)c1ccc(NC(C)=O)cc1. The van der Waals surface area contributed by atoms with Crippen LogP contribution in [-0.4, -0.2) is 42.9 Å². The van der Waals surface area contributed by atoms with E-state index in [1.807, 2.05) is 6.92 Å². The zero-order chi connectivity index (χ0) is 18.8. The van der Waals surface area contributed by atoms with Crippen LogP contribution in [0.1, 0.15) is 37.6 Å². The summed E-state index contributed by atoms with van der Waals surface area (Å²) in [5.41, 5.74) is 0.796. The van der Waals surface area contributed by atoms with Crippen molar-refractivity contribution in [3.05, 3.63) is 29.8 Å². The van der Waals surface area contributed by atoms with Gasteiger partial charge in [0.2, 0.25) is 11.8 Å². The van der Waals surface area contributed by atoms with E-state index in [1.165, 1.54) is 19.1 Å². The predicted molar refractivity (Wildman–Crippen MR) is 91.9 cm³/mol. The first-order chi connectivity index (χ1) is 11.8. The van der Waals surface area contributed by atoms with E-state index in [1.54, 1.807) is 19.1 Å². The topological polar surface area (TPSA) is 114 Å². The van der Waals surface area contributed by atoms with Gasteiger partial charge in [-0.05, 0) is 37.6 Å². The van der Waals surface area contributed by atoms with Crippen molar-refractivity contribution >= 4 is 29.4 Å². The molecule has 136 valence electrons. The Morgan fingerprint density at radius 2 is 1.76 bits per heavy atom. The summed E-state index contributed by atoms with van der Waals surface area (Å²) in [4.78, 5) is 46.2. The molecule has 1 atom stereocenters. The van der Waals surface area contributed by atoms with E-state index in [4.69, 9.17) is 4.74 Å². The molecule has 8 heteroatoms. The molecular weight excluding hydrogens is 326 g/mol. The minimum atomic E-state index is -0.713. The highest BCUT2D eigenvalue weighted by Gasteiger charge is 2.16. The molecule has 0 spiro atoms. The molecule has 1 rings (SSSR count). The highest BCUT2D eigenvalue weighted by molar-refractivity contribution is 5.94. The molecule has 1 aromatic carbocycles. The third kappa shape index (κ3) is 7.47. The zero-order valence-corrected chi connectivity index (χ0v) is 14.5. The van der Waals surface area contributed by atoms with Crippen LogP contribution in [0.3, 0.4) is 0 Å². The summed E-state index contributed by atoms with van der Waals surface area (Å²) < 4.78 is 4.90. The van der Waals surface area contributed by atoms with E-state index in [0.717, 1.165) is 6.42 Å². The van der Waals surface area contributed by atoms with Crippen molar-refractivity contribution in [2.24, 2.45) is 0 Å². The van der Waals surface area contributed by atoms with Crippen molar-refractivity contribution in [3.8, 4) is 0 Å². The lowest BCUT2D eigenvalue weighted by atomic mass is 10.2. The van der Waals surface area contributed by atoms with Gasteiger partial charge in [0.15, 0.2) is 6.61 Å². The molecule has 0 fully saturated rings. The summed E-state index contributed by atoms with van der Waals surface area (Å²) in [6, 6.07) is 5.35. The normalized spacial score (nSPS) is 11.2. The standard InChI is InChI=1S/C17H23N3O5/c1-4-9-18-16(23)11(2)19-15(22)10-25-17(24)13-5-7-14(8-6-13)20-12(3)21/h5-8,11H,4,9-10H2,1-3H3,(H,18,23)(H,19,22)(H,20,21)/t11-/m1/s1. The first-order valence-corrected chi connectivity index (χ1v) is 7.95. The van der Waals surface area contributed by atoms with Gasteiger partial charge < -0.3 is 20.7 Å². The molecular formula is C17H23N3O5. The highest BCUT2D eigenvalue weighted by atomic mass is 16.5. The maximum Gasteiger partial charge on any atom is 0.338 e. The quantitative estimate of drug-likeness (QED) is 0.602. The number of hydrogen-bond donors (Lipinski definition) is 3. The van der Waals surface area contributed by atoms with Crippen molar-refractivity contribution in [2.75, 3.05) is 18.5 Å². The average Bonchev–Trinajstić information content (AvgIpc) is 2.57. The van der Waals surface area contributed by atoms with E-state index in [2.05, 4.69) is 16.0 Å². The lowest BCUT2D eigenvalue weighted by Gasteiger charge is -2.13. The number of esters is 1. The summed E-state index contributed by atoms with van der Waals surface area (Å²) in [6.07, 6.45) is 0.796. The van der Waals surface area contributed by atoms with Crippen molar-refractivity contribution in [2.45, 2.75) is 33.2 Å². The third-order valence-electron chi connectivity index (χ3n) is 3.10. The second kappa shape index (κ2) is 10.1. The summed E-state index contributed by atoms with van der Waals surface area (Å²) in [5, 5.41) is 7.68. The number of amides is 3. The molecule has 0 saturated heterocycles. The smallest absolute Gasteiger partial charge is 0.338 e. The molecule has 3 N–H and O–H groups in total. The molecule has 1 aromatic rings. The molecule has 0 aromatic heterocycles. The van der Waals surface area contributed by atoms with Gasteiger partial charge in [0.05, 0.1) is 5.56 Å². The van der Waals surface area contributed by atoms with E-state index in [9.17, 15) is 19.2 Å². The Kier molecular flexibility index (Phi) is 8.11. The third-order valence-corrected chi connectivity index (χ3v) is 3.10. The Balaban J connectivity index is 2.43. The Bertz CT molecular complexity index is 628. The van der Waals surface area contributed by atoms with Crippen LogP contribution in [0, 0.1) is 0 Å². The van der Waals surface area contributed by atoms with Crippen LogP contribution in [0.2, 0.25) is 0 Å². The van der Waals surface area contributed by atoms with Crippen LogP contribution < -0.4 is 16.0 Å². The van der Waals surface area contributed by atoms with E-state index < -0.39 is 24.5 Å². The highest BCUT2D eigenvalue weighted by Crippen LogP contribution is 2.10. The van der Waals surface area contributed by atoms with Gasteiger partial charge in [0.25, 0.3) is 5.91 Å². The number of hydrogen-bond acceptors (Lipinski definition) is 5. The largest absolute Gasteiger partial charge is 0.452 e. The number of rotatable bonds is 8. The van der Waals surface area contributed by atoms with Crippen molar-refractivity contribution < 1.29 is 23.9 Å². The molecule has 0 bridgehead atoms. The van der Waals surface area contributed by atoms with Crippen LogP contribution in [0.25, 0.3) is 0 Å². The minimum absolute atomic E-state index is 0.218. The number of ether oxygens (including phenoxy) is 1. The van der Waals surface area contributed by atoms with Gasteiger partial charge in [0.1, 0.15) is 6.04 Å².